The highest BCUT2D eigenvalue weighted by molar-refractivity contribution is 6.08. The van der Waals surface area contributed by atoms with Crippen molar-refractivity contribution in [2.75, 3.05) is 6.54 Å². The Hall–Kier alpha value is -2.44. The van der Waals surface area contributed by atoms with Gasteiger partial charge in [-0.05, 0) is 36.5 Å². The summed E-state index contributed by atoms with van der Waals surface area (Å²) in [6, 6.07) is 5.02. The average molecular weight is 348 g/mol. The molecule has 25 heavy (non-hydrogen) atoms. The van der Waals surface area contributed by atoms with Gasteiger partial charge in [0.05, 0.1) is 0 Å². The molecular weight excluding hydrogens is 327 g/mol. The van der Waals surface area contributed by atoms with Crippen LogP contribution in [0, 0.1) is 11.7 Å². The van der Waals surface area contributed by atoms with Gasteiger partial charge in [0.2, 0.25) is 0 Å². The van der Waals surface area contributed by atoms with Gasteiger partial charge in [-0.25, -0.2) is 9.18 Å². The average Bonchev–Trinajstić information content (AvgIpc) is 2.82. The molecule has 1 heterocycles. The molecule has 3 rings (SSSR count). The van der Waals surface area contributed by atoms with Crippen LogP contribution in [0.15, 0.2) is 24.3 Å². The Morgan fingerprint density at radius 2 is 2.04 bits per heavy atom. The predicted octanol–water partition coefficient (Wildman–Crippen LogP) is 2.37. The highest BCUT2D eigenvalue weighted by atomic mass is 19.1. The number of nitrogens with zero attached hydrogens (tertiary/aromatic N) is 1. The zero-order valence-corrected chi connectivity index (χ0v) is 14.1. The fourth-order valence-corrected chi connectivity index (χ4v) is 3.56. The minimum absolute atomic E-state index is 0.0374. The molecule has 3 amide bonds. The quantitative estimate of drug-likeness (QED) is 0.669. The summed E-state index contributed by atoms with van der Waals surface area (Å²) in [6.07, 6.45) is 3.37. The number of benzene rings is 1. The second-order valence-corrected chi connectivity index (χ2v) is 6.73. The molecule has 0 unspecified atom stereocenters. The molecule has 1 saturated carbocycles. The van der Waals surface area contributed by atoms with Gasteiger partial charge in [-0.2, -0.15) is 0 Å². The molecule has 1 saturated heterocycles. The SMILES string of the molecule is C[C@H]1CCCC[C@]12NC(=O)N(CC(=O)OCc1ccc(F)cc1)C2=O. The molecule has 2 atom stereocenters. The molecule has 7 heteroatoms. The summed E-state index contributed by atoms with van der Waals surface area (Å²) in [7, 11) is 0. The highest BCUT2D eigenvalue weighted by Gasteiger charge is 2.55. The maximum atomic E-state index is 12.9. The standard InChI is InChI=1S/C18H21FN2O4/c1-12-4-2-3-9-18(12)16(23)21(17(24)20-18)10-15(22)25-11-13-5-7-14(19)8-6-13/h5-8,12H,2-4,9-11H2,1H3,(H,20,24)/t12-,18-/m0/s1. The maximum Gasteiger partial charge on any atom is 0.326 e. The molecule has 2 aliphatic rings. The van der Waals surface area contributed by atoms with Crippen molar-refractivity contribution in [3.8, 4) is 0 Å². The number of halogens is 1. The number of ether oxygens (including phenoxy) is 1. The van der Waals surface area contributed by atoms with E-state index in [-0.39, 0.29) is 24.2 Å². The van der Waals surface area contributed by atoms with Crippen LogP contribution in [0.4, 0.5) is 9.18 Å². The molecule has 0 aromatic heterocycles. The zero-order valence-electron chi connectivity index (χ0n) is 14.1. The van der Waals surface area contributed by atoms with Crippen LogP contribution in [0.5, 0.6) is 0 Å². The third kappa shape index (κ3) is 3.36. The van der Waals surface area contributed by atoms with E-state index in [0.717, 1.165) is 24.2 Å². The molecule has 1 aromatic carbocycles. The second-order valence-electron chi connectivity index (χ2n) is 6.73. The topological polar surface area (TPSA) is 75.7 Å². The van der Waals surface area contributed by atoms with Crippen LogP contribution in [-0.4, -0.2) is 34.9 Å². The van der Waals surface area contributed by atoms with E-state index < -0.39 is 24.1 Å². The minimum atomic E-state index is -0.882. The molecule has 1 aromatic rings. The van der Waals surface area contributed by atoms with Gasteiger partial charge in [-0.1, -0.05) is 31.9 Å². The normalized spacial score (nSPS) is 26.0. The van der Waals surface area contributed by atoms with Gasteiger partial charge in [-0.15, -0.1) is 0 Å². The summed E-state index contributed by atoms with van der Waals surface area (Å²) >= 11 is 0. The number of hydrogen-bond donors (Lipinski definition) is 1. The summed E-state index contributed by atoms with van der Waals surface area (Å²) in [5.41, 5.74) is -0.253. The first-order valence-corrected chi connectivity index (χ1v) is 8.46. The van der Waals surface area contributed by atoms with Crippen LogP contribution in [0.25, 0.3) is 0 Å². The van der Waals surface area contributed by atoms with Crippen LogP contribution in [0.2, 0.25) is 0 Å². The number of nitrogens with one attached hydrogen (secondary N) is 1. The van der Waals surface area contributed by atoms with E-state index in [1.807, 2.05) is 6.92 Å². The van der Waals surface area contributed by atoms with Crippen molar-refractivity contribution in [1.29, 1.82) is 0 Å². The number of amides is 3. The first-order valence-electron chi connectivity index (χ1n) is 8.46. The van der Waals surface area contributed by atoms with Crippen molar-refractivity contribution in [3.63, 3.8) is 0 Å². The fourth-order valence-electron chi connectivity index (χ4n) is 3.56. The third-order valence-corrected chi connectivity index (χ3v) is 5.10. The smallest absolute Gasteiger partial charge is 0.326 e. The summed E-state index contributed by atoms with van der Waals surface area (Å²) in [6.45, 7) is 1.50. The van der Waals surface area contributed by atoms with Crippen LogP contribution >= 0.6 is 0 Å². The molecule has 1 N–H and O–H groups in total. The number of urea groups is 1. The molecule has 6 nitrogen and oxygen atoms in total. The Labute approximate surface area is 145 Å². The van der Waals surface area contributed by atoms with E-state index in [1.165, 1.54) is 24.3 Å². The molecule has 2 fully saturated rings. The summed E-state index contributed by atoms with van der Waals surface area (Å²) in [5.74, 6) is -1.35. The van der Waals surface area contributed by atoms with Gasteiger partial charge in [0, 0.05) is 0 Å². The van der Waals surface area contributed by atoms with E-state index in [2.05, 4.69) is 5.32 Å². The summed E-state index contributed by atoms with van der Waals surface area (Å²) in [4.78, 5) is 37.9. The predicted molar refractivity (Wildman–Crippen MR) is 86.8 cm³/mol. The van der Waals surface area contributed by atoms with Crippen molar-refractivity contribution >= 4 is 17.9 Å². The Morgan fingerprint density at radius 1 is 1.32 bits per heavy atom. The molecule has 1 spiro atoms. The Balaban J connectivity index is 1.60. The van der Waals surface area contributed by atoms with Crippen molar-refractivity contribution in [2.24, 2.45) is 5.92 Å². The van der Waals surface area contributed by atoms with Crippen molar-refractivity contribution in [2.45, 2.75) is 44.8 Å². The van der Waals surface area contributed by atoms with E-state index in [9.17, 15) is 18.8 Å². The summed E-state index contributed by atoms with van der Waals surface area (Å²) < 4.78 is 17.9. The molecule has 1 aliphatic heterocycles. The molecule has 134 valence electrons. The fraction of sp³-hybridized carbons (Fsp3) is 0.500. The third-order valence-electron chi connectivity index (χ3n) is 5.10. The van der Waals surface area contributed by atoms with Crippen molar-refractivity contribution in [1.82, 2.24) is 10.2 Å². The molecule has 0 bridgehead atoms. The monoisotopic (exact) mass is 348 g/mol. The number of imide groups is 1. The largest absolute Gasteiger partial charge is 0.459 e. The zero-order chi connectivity index (χ0) is 18.0. The Kier molecular flexibility index (Phi) is 4.74. The molecular formula is C18H21FN2O4. The number of esters is 1. The lowest BCUT2D eigenvalue weighted by atomic mass is 9.73. The van der Waals surface area contributed by atoms with E-state index in [4.69, 9.17) is 4.74 Å². The van der Waals surface area contributed by atoms with Crippen LogP contribution < -0.4 is 5.32 Å². The van der Waals surface area contributed by atoms with E-state index in [0.29, 0.717) is 12.0 Å². The first kappa shape index (κ1) is 17.4. The first-order chi connectivity index (χ1) is 11.9. The number of carbonyl (C=O) groups is 3. The van der Waals surface area contributed by atoms with Crippen LogP contribution in [0.3, 0.4) is 0 Å². The minimum Gasteiger partial charge on any atom is -0.459 e. The van der Waals surface area contributed by atoms with Gasteiger partial charge in [0.1, 0.15) is 24.5 Å². The Morgan fingerprint density at radius 3 is 2.72 bits per heavy atom. The number of rotatable bonds is 4. The summed E-state index contributed by atoms with van der Waals surface area (Å²) in [5, 5.41) is 2.79. The van der Waals surface area contributed by atoms with E-state index in [1.54, 1.807) is 0 Å². The van der Waals surface area contributed by atoms with Crippen LogP contribution in [-0.2, 0) is 20.9 Å². The second kappa shape index (κ2) is 6.82. The molecule has 0 radical (unpaired) electrons. The number of carbonyl (C=O) groups excluding carboxylic acids is 3. The van der Waals surface area contributed by atoms with Crippen molar-refractivity contribution < 1.29 is 23.5 Å². The van der Waals surface area contributed by atoms with E-state index >= 15 is 0 Å². The number of hydrogen-bond acceptors (Lipinski definition) is 4. The lowest BCUT2D eigenvalue weighted by molar-refractivity contribution is -0.149. The maximum absolute atomic E-state index is 12.9. The van der Waals surface area contributed by atoms with Gasteiger partial charge in [0.25, 0.3) is 5.91 Å². The highest BCUT2D eigenvalue weighted by Crippen LogP contribution is 2.38. The molecule has 1 aliphatic carbocycles. The van der Waals surface area contributed by atoms with Gasteiger partial charge >= 0.3 is 12.0 Å². The van der Waals surface area contributed by atoms with Crippen LogP contribution in [0.1, 0.15) is 38.2 Å². The van der Waals surface area contributed by atoms with Gasteiger partial charge < -0.3 is 10.1 Å². The van der Waals surface area contributed by atoms with Gasteiger partial charge in [-0.3, -0.25) is 14.5 Å². The Bertz CT molecular complexity index is 691. The van der Waals surface area contributed by atoms with Gasteiger partial charge in [0.15, 0.2) is 0 Å². The lowest BCUT2D eigenvalue weighted by Crippen LogP contribution is -2.54. The van der Waals surface area contributed by atoms with Crippen molar-refractivity contribution in [3.05, 3.63) is 35.6 Å². The lowest BCUT2D eigenvalue weighted by Gasteiger charge is -2.36.